The predicted octanol–water partition coefficient (Wildman–Crippen LogP) is 6.63. The minimum Gasteiger partial charge on any atom is -0.227 e. The quantitative estimate of drug-likeness (QED) is 0.312. The maximum atomic E-state index is 9.76. The van der Waals surface area contributed by atoms with E-state index in [1.165, 1.54) is 31.3 Å². The van der Waals surface area contributed by atoms with Crippen LogP contribution >= 0.6 is 0 Å². The van der Waals surface area contributed by atoms with Crippen molar-refractivity contribution in [3.8, 4) is 6.07 Å². The normalized spacial score (nSPS) is 36.7. The van der Waals surface area contributed by atoms with Crippen molar-refractivity contribution in [2.24, 2.45) is 47.3 Å². The van der Waals surface area contributed by atoms with Crippen LogP contribution in [0.5, 0.6) is 0 Å². The summed E-state index contributed by atoms with van der Waals surface area (Å²) in [5.74, 6) is 4.73. The lowest BCUT2D eigenvalue weighted by molar-refractivity contribution is 0.159. The Morgan fingerprint density at radius 1 is 0.962 bits per heavy atom. The fourth-order valence-corrected chi connectivity index (χ4v) is 5.91. The molecule has 3 aliphatic rings. The molecule has 0 heterocycles. The van der Waals surface area contributed by atoms with E-state index in [2.05, 4.69) is 50.8 Å². The van der Waals surface area contributed by atoms with Gasteiger partial charge < -0.3 is 0 Å². The van der Waals surface area contributed by atoms with Crippen LogP contribution in [0.4, 0.5) is 0 Å². The summed E-state index contributed by atoms with van der Waals surface area (Å²) in [6.07, 6.45) is 12.3. The molecule has 6 atom stereocenters. The molecule has 140 valence electrons. The van der Waals surface area contributed by atoms with Gasteiger partial charge in [0.2, 0.25) is 0 Å². The van der Waals surface area contributed by atoms with Gasteiger partial charge in [-0.2, -0.15) is 0 Å². The first-order chi connectivity index (χ1) is 12.5. The van der Waals surface area contributed by atoms with E-state index in [1.54, 1.807) is 0 Å². The first-order valence-corrected chi connectivity index (χ1v) is 10.7. The van der Waals surface area contributed by atoms with Gasteiger partial charge in [0.05, 0.1) is 12.6 Å². The molecular weight excluding hydrogens is 316 g/mol. The Hall–Kier alpha value is -1.54. The fraction of sp³-hybridized carbons (Fsp3) is 0.750. The van der Waals surface area contributed by atoms with Gasteiger partial charge in [0.15, 0.2) is 0 Å². The SMILES string of the molecule is [C-]#[N+]C(C#N)=C1C2CC(C(C)C)CCC2C=CC2CCC(C(C)C)CC12. The topological polar surface area (TPSA) is 28.1 Å². The van der Waals surface area contributed by atoms with E-state index in [1.807, 2.05) is 0 Å². The number of rotatable bonds is 2. The highest BCUT2D eigenvalue weighted by Crippen LogP contribution is 2.52. The van der Waals surface area contributed by atoms with Gasteiger partial charge in [0.25, 0.3) is 5.70 Å². The third-order valence-electron chi connectivity index (χ3n) is 7.67. The second-order valence-electron chi connectivity index (χ2n) is 9.59. The standard InChI is InChI=1S/C24H34N2/c1-15(2)19-10-8-17-6-7-18-9-11-20(16(3)4)13-22(18)24(21(17)12-19)23(14-25)26-5/h6-7,15-22H,8-13H2,1-4H3. The third-order valence-corrected chi connectivity index (χ3v) is 7.67. The zero-order valence-corrected chi connectivity index (χ0v) is 16.9. The highest BCUT2D eigenvalue weighted by molar-refractivity contribution is 5.39. The number of nitrogens with zero attached hydrogens (tertiary/aromatic N) is 2. The lowest BCUT2D eigenvalue weighted by Crippen LogP contribution is -2.33. The summed E-state index contributed by atoms with van der Waals surface area (Å²) in [5, 5.41) is 9.76. The number of hydrogen-bond acceptors (Lipinski definition) is 1. The number of allylic oxidation sites excluding steroid dienone is 4. The van der Waals surface area contributed by atoms with Crippen molar-refractivity contribution in [3.05, 3.63) is 34.8 Å². The molecular formula is C24H34N2. The van der Waals surface area contributed by atoms with Crippen molar-refractivity contribution in [1.82, 2.24) is 0 Å². The molecule has 0 spiro atoms. The summed E-state index contributed by atoms with van der Waals surface area (Å²) in [6, 6.07) is 2.30. The van der Waals surface area contributed by atoms with Crippen molar-refractivity contribution in [1.29, 1.82) is 5.26 Å². The Morgan fingerprint density at radius 3 is 1.77 bits per heavy atom. The number of fused-ring (bicyclic) bond motifs is 2. The van der Waals surface area contributed by atoms with Gasteiger partial charge in [-0.25, -0.2) is 10.1 Å². The first kappa shape index (κ1) is 19.2. The lowest BCUT2D eigenvalue weighted by atomic mass is 9.62. The van der Waals surface area contributed by atoms with E-state index >= 15 is 0 Å². The highest BCUT2D eigenvalue weighted by Gasteiger charge is 2.43. The molecule has 2 nitrogen and oxygen atoms in total. The molecule has 0 aromatic rings. The van der Waals surface area contributed by atoms with Crippen molar-refractivity contribution in [2.45, 2.75) is 66.2 Å². The Balaban J connectivity index is 2.03. The van der Waals surface area contributed by atoms with E-state index in [4.69, 9.17) is 6.57 Å². The minimum absolute atomic E-state index is 0.414. The smallest absolute Gasteiger partial charge is 0.227 e. The monoisotopic (exact) mass is 350 g/mol. The van der Waals surface area contributed by atoms with E-state index < -0.39 is 0 Å². The van der Waals surface area contributed by atoms with E-state index in [9.17, 15) is 5.26 Å². The lowest BCUT2D eigenvalue weighted by Gasteiger charge is -2.43. The first-order valence-electron chi connectivity index (χ1n) is 10.7. The van der Waals surface area contributed by atoms with Gasteiger partial charge in [0.1, 0.15) is 0 Å². The van der Waals surface area contributed by atoms with Gasteiger partial charge in [0, 0.05) is 0 Å². The van der Waals surface area contributed by atoms with Crippen LogP contribution in [-0.2, 0) is 0 Å². The van der Waals surface area contributed by atoms with Crippen LogP contribution in [0.3, 0.4) is 0 Å². The molecule has 0 saturated heterocycles. The molecule has 2 fully saturated rings. The maximum absolute atomic E-state index is 9.76. The van der Waals surface area contributed by atoms with Crippen LogP contribution in [0.25, 0.3) is 4.85 Å². The molecule has 0 radical (unpaired) electrons. The molecule has 3 rings (SSSR count). The minimum atomic E-state index is 0.414. The summed E-state index contributed by atoms with van der Waals surface area (Å²) >= 11 is 0. The Kier molecular flexibility index (Phi) is 5.92. The highest BCUT2D eigenvalue weighted by atomic mass is 14.7. The summed E-state index contributed by atoms with van der Waals surface area (Å²) < 4.78 is 0. The summed E-state index contributed by atoms with van der Waals surface area (Å²) in [6.45, 7) is 17.0. The molecule has 0 aromatic carbocycles. The van der Waals surface area contributed by atoms with Crippen molar-refractivity contribution >= 4 is 0 Å². The van der Waals surface area contributed by atoms with E-state index in [-0.39, 0.29) is 0 Å². The predicted molar refractivity (Wildman–Crippen MR) is 107 cm³/mol. The van der Waals surface area contributed by atoms with Crippen LogP contribution in [0.2, 0.25) is 0 Å². The van der Waals surface area contributed by atoms with Crippen LogP contribution in [0, 0.1) is 65.2 Å². The van der Waals surface area contributed by atoms with Gasteiger partial charge in [-0.3, -0.25) is 0 Å². The molecule has 0 amide bonds. The molecule has 6 unspecified atom stereocenters. The van der Waals surface area contributed by atoms with Gasteiger partial charge in [-0.15, -0.1) is 0 Å². The summed E-state index contributed by atoms with van der Waals surface area (Å²) in [4.78, 5) is 3.73. The Labute approximate surface area is 160 Å². The largest absolute Gasteiger partial charge is 0.261 e. The molecule has 3 aliphatic carbocycles. The Bertz CT molecular complexity index is 601. The van der Waals surface area contributed by atoms with Crippen LogP contribution in [0.15, 0.2) is 23.4 Å². The number of hydrogen-bond donors (Lipinski definition) is 0. The average molecular weight is 351 g/mol. The second kappa shape index (κ2) is 8.00. The molecule has 0 bridgehead atoms. The van der Waals surface area contributed by atoms with Crippen LogP contribution in [-0.4, -0.2) is 0 Å². The summed E-state index contributed by atoms with van der Waals surface area (Å²) in [5.41, 5.74) is 1.67. The van der Waals surface area contributed by atoms with Gasteiger partial charge >= 0.3 is 0 Å². The molecule has 2 saturated carbocycles. The Morgan fingerprint density at radius 2 is 1.42 bits per heavy atom. The molecule has 2 heteroatoms. The van der Waals surface area contributed by atoms with E-state index in [0.29, 0.717) is 41.2 Å². The van der Waals surface area contributed by atoms with Gasteiger partial charge in [-0.05, 0) is 91.4 Å². The van der Waals surface area contributed by atoms with Crippen molar-refractivity contribution < 1.29 is 0 Å². The molecule has 0 N–H and O–H groups in total. The van der Waals surface area contributed by atoms with E-state index in [0.717, 1.165) is 24.7 Å². The molecule has 26 heavy (non-hydrogen) atoms. The fourth-order valence-electron chi connectivity index (χ4n) is 5.91. The molecule has 0 aliphatic heterocycles. The summed E-state index contributed by atoms with van der Waals surface area (Å²) in [7, 11) is 0. The van der Waals surface area contributed by atoms with Gasteiger partial charge in [-0.1, -0.05) is 39.8 Å². The van der Waals surface area contributed by atoms with Crippen LogP contribution in [0.1, 0.15) is 66.2 Å². The van der Waals surface area contributed by atoms with Crippen molar-refractivity contribution in [2.75, 3.05) is 0 Å². The van der Waals surface area contributed by atoms with Crippen molar-refractivity contribution in [3.63, 3.8) is 0 Å². The number of nitriles is 1. The zero-order valence-electron chi connectivity index (χ0n) is 16.9. The zero-order chi connectivity index (χ0) is 18.8. The van der Waals surface area contributed by atoms with Crippen LogP contribution < -0.4 is 0 Å². The second-order valence-corrected chi connectivity index (χ2v) is 9.59. The maximum Gasteiger partial charge on any atom is 0.261 e. The molecule has 0 aromatic heterocycles. The average Bonchev–Trinajstić information content (AvgIpc) is 2.79. The third kappa shape index (κ3) is 3.62.